The molecule has 2 fully saturated rings. The van der Waals surface area contributed by atoms with Crippen molar-refractivity contribution in [3.8, 4) is 0 Å². The number of hydrogen-bond donors (Lipinski definition) is 1. The standard InChI is InChI=1S/C22H30N6O/c1-16(2)25-21(29)19-15-27(13-17-6-5-8-23-12-17)14-18(19)20-7-9-24-22(26-20)28-10-3-4-11-28/h5-9,12,16,18-19H,3-4,10-11,13-15H2,1-2H3,(H,25,29)/t18-,19-/m0/s1. The van der Waals surface area contributed by atoms with Crippen LogP contribution in [0.2, 0.25) is 0 Å². The highest BCUT2D eigenvalue weighted by atomic mass is 16.2. The van der Waals surface area contributed by atoms with Crippen molar-refractivity contribution in [3.05, 3.63) is 48.0 Å². The topological polar surface area (TPSA) is 74.2 Å². The molecule has 2 aromatic rings. The van der Waals surface area contributed by atoms with Gasteiger partial charge in [0.25, 0.3) is 0 Å². The first kappa shape index (κ1) is 19.8. The van der Waals surface area contributed by atoms with Crippen molar-refractivity contribution in [2.75, 3.05) is 31.1 Å². The summed E-state index contributed by atoms with van der Waals surface area (Å²) in [6, 6.07) is 6.15. The number of pyridine rings is 1. The van der Waals surface area contributed by atoms with Gasteiger partial charge in [-0.15, -0.1) is 0 Å². The molecule has 4 heterocycles. The zero-order valence-electron chi connectivity index (χ0n) is 17.3. The summed E-state index contributed by atoms with van der Waals surface area (Å²) in [5.41, 5.74) is 2.14. The van der Waals surface area contributed by atoms with Crippen molar-refractivity contribution in [3.63, 3.8) is 0 Å². The zero-order chi connectivity index (χ0) is 20.2. The van der Waals surface area contributed by atoms with E-state index in [4.69, 9.17) is 4.98 Å². The van der Waals surface area contributed by atoms with Gasteiger partial charge in [-0.25, -0.2) is 9.97 Å². The predicted molar refractivity (Wildman–Crippen MR) is 113 cm³/mol. The molecule has 0 bridgehead atoms. The number of nitrogens with zero attached hydrogens (tertiary/aromatic N) is 5. The maximum absolute atomic E-state index is 13.0. The Kier molecular flexibility index (Phi) is 6.04. The third kappa shape index (κ3) is 4.72. The number of amides is 1. The summed E-state index contributed by atoms with van der Waals surface area (Å²) in [5, 5.41) is 3.11. The van der Waals surface area contributed by atoms with Crippen LogP contribution in [-0.4, -0.2) is 58.0 Å². The Balaban J connectivity index is 1.56. The van der Waals surface area contributed by atoms with Crippen molar-refractivity contribution < 1.29 is 4.79 Å². The lowest BCUT2D eigenvalue weighted by atomic mass is 9.91. The molecule has 0 aliphatic carbocycles. The van der Waals surface area contributed by atoms with Crippen LogP contribution in [-0.2, 0) is 11.3 Å². The Morgan fingerprint density at radius 3 is 2.76 bits per heavy atom. The lowest BCUT2D eigenvalue weighted by Crippen LogP contribution is -2.38. The van der Waals surface area contributed by atoms with Gasteiger partial charge in [-0.3, -0.25) is 14.7 Å². The van der Waals surface area contributed by atoms with Gasteiger partial charge < -0.3 is 10.2 Å². The molecule has 29 heavy (non-hydrogen) atoms. The summed E-state index contributed by atoms with van der Waals surface area (Å²) in [6.07, 6.45) is 7.91. The molecule has 2 saturated heterocycles. The molecule has 0 unspecified atom stereocenters. The highest BCUT2D eigenvalue weighted by Gasteiger charge is 2.39. The molecule has 1 amide bonds. The van der Waals surface area contributed by atoms with E-state index in [9.17, 15) is 4.79 Å². The second kappa shape index (κ2) is 8.86. The second-order valence-corrected chi connectivity index (χ2v) is 8.41. The van der Waals surface area contributed by atoms with E-state index in [0.29, 0.717) is 0 Å². The van der Waals surface area contributed by atoms with Gasteiger partial charge in [-0.1, -0.05) is 6.07 Å². The fourth-order valence-corrected chi connectivity index (χ4v) is 4.36. The van der Waals surface area contributed by atoms with Crippen LogP contribution in [0.5, 0.6) is 0 Å². The van der Waals surface area contributed by atoms with Crippen LogP contribution in [0.3, 0.4) is 0 Å². The molecule has 2 aliphatic rings. The quantitative estimate of drug-likeness (QED) is 0.810. The van der Waals surface area contributed by atoms with Gasteiger partial charge in [0.15, 0.2) is 0 Å². The lowest BCUT2D eigenvalue weighted by Gasteiger charge is -2.21. The molecule has 0 aromatic carbocycles. The van der Waals surface area contributed by atoms with Crippen molar-refractivity contribution in [1.29, 1.82) is 0 Å². The van der Waals surface area contributed by atoms with Crippen molar-refractivity contribution in [1.82, 2.24) is 25.2 Å². The van der Waals surface area contributed by atoms with E-state index < -0.39 is 0 Å². The van der Waals surface area contributed by atoms with Crippen molar-refractivity contribution in [2.45, 2.75) is 45.2 Å². The van der Waals surface area contributed by atoms with E-state index in [0.717, 1.165) is 49.9 Å². The minimum absolute atomic E-state index is 0.0646. The van der Waals surface area contributed by atoms with E-state index in [1.54, 1.807) is 6.20 Å². The van der Waals surface area contributed by atoms with Gasteiger partial charge in [-0.05, 0) is 44.4 Å². The van der Waals surface area contributed by atoms with Crippen LogP contribution in [0.15, 0.2) is 36.8 Å². The smallest absolute Gasteiger partial charge is 0.225 e. The number of nitrogens with one attached hydrogen (secondary N) is 1. The number of likely N-dealkylation sites (tertiary alicyclic amines) is 1. The molecule has 7 nitrogen and oxygen atoms in total. The number of rotatable bonds is 6. The Morgan fingerprint density at radius 2 is 2.03 bits per heavy atom. The number of hydrogen-bond acceptors (Lipinski definition) is 6. The molecular formula is C22H30N6O. The maximum Gasteiger partial charge on any atom is 0.225 e. The van der Waals surface area contributed by atoms with Gasteiger partial charge in [-0.2, -0.15) is 0 Å². The van der Waals surface area contributed by atoms with E-state index in [2.05, 4.69) is 31.2 Å². The fraction of sp³-hybridized carbons (Fsp3) is 0.545. The second-order valence-electron chi connectivity index (χ2n) is 8.41. The maximum atomic E-state index is 13.0. The first-order valence-corrected chi connectivity index (χ1v) is 10.6. The Morgan fingerprint density at radius 1 is 1.21 bits per heavy atom. The molecule has 1 N–H and O–H groups in total. The summed E-state index contributed by atoms with van der Waals surface area (Å²) < 4.78 is 0. The van der Waals surface area contributed by atoms with Crippen LogP contribution in [0.1, 0.15) is 43.9 Å². The van der Waals surface area contributed by atoms with E-state index in [1.165, 1.54) is 12.8 Å². The Bertz CT molecular complexity index is 821. The highest BCUT2D eigenvalue weighted by molar-refractivity contribution is 5.80. The molecule has 4 rings (SSSR count). The van der Waals surface area contributed by atoms with Gasteiger partial charge >= 0.3 is 0 Å². The minimum atomic E-state index is -0.115. The summed E-state index contributed by atoms with van der Waals surface area (Å²) >= 11 is 0. The first-order valence-electron chi connectivity index (χ1n) is 10.6. The molecule has 0 spiro atoms. The van der Waals surface area contributed by atoms with Gasteiger partial charge in [0.2, 0.25) is 11.9 Å². The van der Waals surface area contributed by atoms with Crippen molar-refractivity contribution >= 4 is 11.9 Å². The molecule has 0 radical (unpaired) electrons. The predicted octanol–water partition coefficient (Wildman–Crippen LogP) is 2.21. The molecule has 2 aliphatic heterocycles. The van der Waals surface area contributed by atoms with Crippen molar-refractivity contribution in [2.24, 2.45) is 5.92 Å². The lowest BCUT2D eigenvalue weighted by molar-refractivity contribution is -0.125. The van der Waals surface area contributed by atoms with E-state index >= 15 is 0 Å². The first-order chi connectivity index (χ1) is 14.1. The van der Waals surface area contributed by atoms with Crippen LogP contribution >= 0.6 is 0 Å². The molecule has 154 valence electrons. The highest BCUT2D eigenvalue weighted by Crippen LogP contribution is 2.33. The third-order valence-electron chi connectivity index (χ3n) is 5.73. The summed E-state index contributed by atoms with van der Waals surface area (Å²) in [5.74, 6) is 0.860. The average Bonchev–Trinajstić information content (AvgIpc) is 3.39. The normalized spacial score (nSPS) is 22.4. The number of carbonyl (C=O) groups excluding carboxylic acids is 1. The number of carbonyl (C=O) groups is 1. The van der Waals surface area contributed by atoms with E-state index in [1.807, 2.05) is 38.4 Å². The van der Waals surface area contributed by atoms with Gasteiger partial charge in [0.1, 0.15) is 0 Å². The van der Waals surface area contributed by atoms with Crippen LogP contribution < -0.4 is 10.2 Å². The average molecular weight is 395 g/mol. The van der Waals surface area contributed by atoms with E-state index in [-0.39, 0.29) is 23.8 Å². The molecule has 2 aromatic heterocycles. The molecule has 0 saturated carbocycles. The molecule has 2 atom stereocenters. The fourth-order valence-electron chi connectivity index (χ4n) is 4.36. The van der Waals surface area contributed by atoms with Gasteiger partial charge in [0.05, 0.1) is 11.6 Å². The zero-order valence-corrected chi connectivity index (χ0v) is 17.3. The molecule has 7 heteroatoms. The Labute approximate surface area is 172 Å². The molecular weight excluding hydrogens is 364 g/mol. The largest absolute Gasteiger partial charge is 0.354 e. The summed E-state index contributed by atoms with van der Waals surface area (Å²) in [4.78, 5) is 31.2. The third-order valence-corrected chi connectivity index (χ3v) is 5.73. The SMILES string of the molecule is CC(C)NC(=O)[C@H]1CN(Cc2cccnc2)C[C@@H]1c1ccnc(N2CCCC2)n1. The summed E-state index contributed by atoms with van der Waals surface area (Å²) in [6.45, 7) is 8.36. The van der Waals surface area contributed by atoms with Crippen LogP contribution in [0.25, 0.3) is 0 Å². The monoisotopic (exact) mass is 394 g/mol. The minimum Gasteiger partial charge on any atom is -0.354 e. The van der Waals surface area contributed by atoms with Crippen LogP contribution in [0, 0.1) is 5.92 Å². The van der Waals surface area contributed by atoms with Gasteiger partial charge in [0, 0.05) is 63.3 Å². The van der Waals surface area contributed by atoms with Crippen LogP contribution in [0.4, 0.5) is 5.95 Å². The Hall–Kier alpha value is -2.54. The summed E-state index contributed by atoms with van der Waals surface area (Å²) in [7, 11) is 0. The number of aromatic nitrogens is 3. The number of anilines is 1.